The van der Waals surface area contributed by atoms with Crippen molar-refractivity contribution in [3.8, 4) is 12.1 Å². The quantitative estimate of drug-likeness (QED) is 0.358. The first-order valence-corrected chi connectivity index (χ1v) is 12.3. The molecule has 0 saturated heterocycles. The minimum atomic E-state index is 0.431. The second-order valence-corrected chi connectivity index (χ2v) is 9.25. The van der Waals surface area contributed by atoms with Gasteiger partial charge in [0.1, 0.15) is 17.0 Å². The van der Waals surface area contributed by atoms with Crippen molar-refractivity contribution in [1.82, 2.24) is 0 Å². The molecule has 0 saturated carbocycles. The maximum atomic E-state index is 9.31. The normalized spacial score (nSPS) is 10.6. The Hall–Kier alpha value is -2.70. The molecule has 0 unspecified atom stereocenters. The van der Waals surface area contributed by atoms with Gasteiger partial charge < -0.3 is 4.90 Å². The number of unbranched alkanes of at least 4 members (excludes halogenated alkanes) is 2. The summed E-state index contributed by atoms with van der Waals surface area (Å²) < 4.78 is 0. The fourth-order valence-corrected chi connectivity index (χ4v) is 3.97. The van der Waals surface area contributed by atoms with Gasteiger partial charge in [-0.3, -0.25) is 0 Å². The van der Waals surface area contributed by atoms with Gasteiger partial charge in [0.2, 0.25) is 0 Å². The van der Waals surface area contributed by atoms with Crippen LogP contribution in [0.3, 0.4) is 0 Å². The van der Waals surface area contributed by atoms with Crippen molar-refractivity contribution in [3.05, 3.63) is 39.8 Å². The zero-order valence-electron chi connectivity index (χ0n) is 20.7. The molecule has 1 aromatic heterocycles. The number of hydrogen-bond acceptors (Lipinski definition) is 6. The van der Waals surface area contributed by atoms with Crippen LogP contribution in [0.2, 0.25) is 0 Å². The van der Waals surface area contributed by atoms with Gasteiger partial charge in [0.25, 0.3) is 0 Å². The minimum absolute atomic E-state index is 0.431. The number of nitrogens with zero attached hydrogens (tertiary/aromatic N) is 5. The van der Waals surface area contributed by atoms with Crippen molar-refractivity contribution in [3.63, 3.8) is 0 Å². The lowest BCUT2D eigenvalue weighted by atomic mass is 10.1. The molecule has 0 atom stereocenters. The number of anilines is 1. The van der Waals surface area contributed by atoms with Gasteiger partial charge >= 0.3 is 0 Å². The highest BCUT2D eigenvalue weighted by Gasteiger charge is 2.14. The van der Waals surface area contributed by atoms with Crippen LogP contribution in [0.4, 0.5) is 16.4 Å². The van der Waals surface area contributed by atoms with Crippen LogP contribution in [-0.4, -0.2) is 13.1 Å². The molecule has 32 heavy (non-hydrogen) atoms. The van der Waals surface area contributed by atoms with Crippen LogP contribution in [-0.2, 0) is 0 Å². The number of benzene rings is 1. The van der Waals surface area contributed by atoms with E-state index in [9.17, 15) is 5.26 Å². The molecule has 0 fully saturated rings. The molecule has 0 radical (unpaired) electrons. The van der Waals surface area contributed by atoms with Crippen molar-refractivity contribution in [2.45, 2.75) is 74.1 Å². The molecule has 0 aliphatic heterocycles. The molecule has 1 heterocycles. The van der Waals surface area contributed by atoms with E-state index >= 15 is 0 Å². The average molecular weight is 452 g/mol. The van der Waals surface area contributed by atoms with Gasteiger partial charge in [-0.15, -0.1) is 21.6 Å². The molecule has 1 aromatic carbocycles. The fraction of sp³-hybridized carbons (Fsp3) is 0.538. The number of hydrogen-bond donors (Lipinski definition) is 0. The molecule has 0 aliphatic rings. The molecule has 2 rings (SSSR count). The zero-order chi connectivity index (χ0) is 24.1. The highest BCUT2D eigenvalue weighted by atomic mass is 32.1. The van der Waals surface area contributed by atoms with Crippen LogP contribution in [0.15, 0.2) is 28.4 Å². The fourth-order valence-electron chi connectivity index (χ4n) is 3.09. The van der Waals surface area contributed by atoms with Gasteiger partial charge in [-0.1, -0.05) is 47.0 Å². The van der Waals surface area contributed by atoms with Crippen molar-refractivity contribution in [2.75, 3.05) is 18.0 Å². The molecule has 0 bridgehead atoms. The van der Waals surface area contributed by atoms with E-state index in [1.54, 1.807) is 6.92 Å². The summed E-state index contributed by atoms with van der Waals surface area (Å²) in [5.74, 6) is 0.676. The number of azo groups is 1. The van der Waals surface area contributed by atoms with Crippen molar-refractivity contribution >= 4 is 27.7 Å². The third-order valence-corrected chi connectivity index (χ3v) is 6.28. The largest absolute Gasteiger partial charge is 0.372 e. The zero-order valence-corrected chi connectivity index (χ0v) is 21.5. The Morgan fingerprint density at radius 3 is 2.19 bits per heavy atom. The molecule has 5 nitrogen and oxygen atoms in total. The Balaban J connectivity index is 0.000000920. The number of rotatable bonds is 9. The molecule has 0 spiro atoms. The van der Waals surface area contributed by atoms with Gasteiger partial charge in [0.15, 0.2) is 5.00 Å². The number of aryl methyl sites for hydroxylation is 1. The maximum Gasteiger partial charge on any atom is 0.158 e. The first-order valence-electron chi connectivity index (χ1n) is 11.5. The van der Waals surface area contributed by atoms with Gasteiger partial charge in [-0.05, 0) is 62.4 Å². The molecule has 0 amide bonds. The Morgan fingerprint density at radius 2 is 1.72 bits per heavy atom. The van der Waals surface area contributed by atoms with Crippen molar-refractivity contribution < 1.29 is 0 Å². The summed E-state index contributed by atoms with van der Waals surface area (Å²) in [6.07, 6.45) is 5.23. The summed E-state index contributed by atoms with van der Waals surface area (Å²) in [4.78, 5) is 2.88. The van der Waals surface area contributed by atoms with Crippen LogP contribution in [0, 0.1) is 42.4 Å². The third kappa shape index (κ3) is 8.09. The van der Waals surface area contributed by atoms with E-state index < -0.39 is 0 Å². The Kier molecular flexibility index (Phi) is 12.3. The summed E-state index contributed by atoms with van der Waals surface area (Å²) in [6, 6.07) is 10.4. The van der Waals surface area contributed by atoms with E-state index in [0.717, 1.165) is 30.8 Å². The molecule has 0 aliphatic carbocycles. The summed E-state index contributed by atoms with van der Waals surface area (Å²) in [7, 11) is 0. The monoisotopic (exact) mass is 451 g/mol. The molecule has 6 heteroatoms. The highest BCUT2D eigenvalue weighted by Crippen LogP contribution is 2.36. The standard InChI is InChI=1S/C21H25N5S.C5H12/c1-6-26(10-9-14(2)3)17-7-8-19(15(4)11-17)24-25-21-18(12-22)16(5)20(13-23)27-21;1-3-5-4-2/h7-8,11,14H,6,9-10H2,1-5H3;3-5H2,1-2H3. The lowest BCUT2D eigenvalue weighted by molar-refractivity contribution is 0.576. The summed E-state index contributed by atoms with van der Waals surface area (Å²) in [5, 5.41) is 27.5. The van der Waals surface area contributed by atoms with Gasteiger partial charge in [-0.25, -0.2) is 0 Å². The molecular formula is C26H37N5S. The van der Waals surface area contributed by atoms with E-state index in [0.29, 0.717) is 26.9 Å². The topological polar surface area (TPSA) is 75.5 Å². The smallest absolute Gasteiger partial charge is 0.158 e. The second-order valence-electron chi connectivity index (χ2n) is 8.25. The predicted molar refractivity (Wildman–Crippen MR) is 136 cm³/mol. The summed E-state index contributed by atoms with van der Waals surface area (Å²) in [6.45, 7) is 16.8. The molecule has 172 valence electrons. The van der Waals surface area contributed by atoms with Crippen LogP contribution in [0.5, 0.6) is 0 Å². The maximum absolute atomic E-state index is 9.31. The van der Waals surface area contributed by atoms with E-state index in [-0.39, 0.29) is 0 Å². The van der Waals surface area contributed by atoms with Gasteiger partial charge in [0, 0.05) is 18.8 Å². The Morgan fingerprint density at radius 1 is 1.03 bits per heavy atom. The van der Waals surface area contributed by atoms with Crippen LogP contribution < -0.4 is 4.90 Å². The summed E-state index contributed by atoms with van der Waals surface area (Å²) in [5.41, 5.74) is 4.10. The number of thiophene rings is 1. The molecular weight excluding hydrogens is 414 g/mol. The van der Waals surface area contributed by atoms with E-state index in [1.165, 1.54) is 36.3 Å². The first-order chi connectivity index (χ1) is 15.3. The van der Waals surface area contributed by atoms with E-state index in [2.05, 4.69) is 74.0 Å². The van der Waals surface area contributed by atoms with Crippen LogP contribution in [0.25, 0.3) is 0 Å². The van der Waals surface area contributed by atoms with E-state index in [1.807, 2.05) is 13.0 Å². The molecule has 0 N–H and O–H groups in total. The minimum Gasteiger partial charge on any atom is -0.372 e. The van der Waals surface area contributed by atoms with Crippen molar-refractivity contribution in [2.24, 2.45) is 16.1 Å². The summed E-state index contributed by atoms with van der Waals surface area (Å²) >= 11 is 1.20. The SMILES string of the molecule is CCCCC.CCN(CCC(C)C)c1ccc(N=Nc2sc(C#N)c(C)c2C#N)c(C)c1. The van der Waals surface area contributed by atoms with Crippen LogP contribution >= 0.6 is 11.3 Å². The van der Waals surface area contributed by atoms with Gasteiger partial charge in [0.05, 0.1) is 11.3 Å². The van der Waals surface area contributed by atoms with E-state index in [4.69, 9.17) is 5.26 Å². The van der Waals surface area contributed by atoms with Crippen LogP contribution in [0.1, 0.15) is 81.9 Å². The first kappa shape index (κ1) is 27.3. The predicted octanol–water partition coefficient (Wildman–Crippen LogP) is 8.59. The number of nitriles is 2. The van der Waals surface area contributed by atoms with Gasteiger partial charge in [-0.2, -0.15) is 10.5 Å². The lowest BCUT2D eigenvalue weighted by Crippen LogP contribution is -2.24. The second kappa shape index (κ2) is 14.4. The van der Waals surface area contributed by atoms with Crippen molar-refractivity contribution in [1.29, 1.82) is 10.5 Å². The third-order valence-electron chi connectivity index (χ3n) is 5.20. The highest BCUT2D eigenvalue weighted by molar-refractivity contribution is 7.16. The lowest BCUT2D eigenvalue weighted by Gasteiger charge is -2.24. The Labute approximate surface area is 198 Å². The average Bonchev–Trinajstić information content (AvgIpc) is 3.08. The Bertz CT molecular complexity index is 958. The molecule has 2 aromatic rings.